The minimum atomic E-state index is -0.284. The second kappa shape index (κ2) is 4.49. The topological polar surface area (TPSA) is 21.3 Å². The summed E-state index contributed by atoms with van der Waals surface area (Å²) in [6, 6.07) is 3.52. The van der Waals surface area contributed by atoms with Crippen molar-refractivity contribution in [3.63, 3.8) is 0 Å². The summed E-state index contributed by atoms with van der Waals surface area (Å²) in [5, 5.41) is 3.37. The van der Waals surface area contributed by atoms with Crippen molar-refractivity contribution < 1.29 is 9.13 Å². The van der Waals surface area contributed by atoms with Crippen molar-refractivity contribution in [1.29, 1.82) is 0 Å². The fourth-order valence-corrected chi connectivity index (χ4v) is 2.30. The van der Waals surface area contributed by atoms with Gasteiger partial charge in [0.05, 0.1) is 11.6 Å². The Labute approximate surface area is 96.9 Å². The van der Waals surface area contributed by atoms with E-state index >= 15 is 0 Å². The maximum atomic E-state index is 13.3. The van der Waals surface area contributed by atoms with E-state index in [1.54, 1.807) is 13.2 Å². The Morgan fingerprint density at radius 3 is 2.93 bits per heavy atom. The molecule has 0 bridgehead atoms. The zero-order valence-corrected chi connectivity index (χ0v) is 10.1. The molecule has 1 fully saturated rings. The average molecular weight is 274 g/mol. The molecule has 1 aliphatic rings. The summed E-state index contributed by atoms with van der Waals surface area (Å²) in [5.41, 5.74) is 1.03. The van der Waals surface area contributed by atoms with E-state index in [4.69, 9.17) is 4.74 Å². The van der Waals surface area contributed by atoms with Gasteiger partial charge >= 0.3 is 0 Å². The fourth-order valence-electron chi connectivity index (χ4n) is 1.94. The lowest BCUT2D eigenvalue weighted by Gasteiger charge is -2.15. The van der Waals surface area contributed by atoms with Crippen molar-refractivity contribution in [2.75, 3.05) is 13.7 Å². The molecule has 0 saturated carbocycles. The van der Waals surface area contributed by atoms with Crippen LogP contribution in [0.25, 0.3) is 0 Å². The van der Waals surface area contributed by atoms with Crippen molar-refractivity contribution in [1.82, 2.24) is 5.32 Å². The molecule has 1 saturated heterocycles. The second-order valence-corrected chi connectivity index (χ2v) is 4.51. The van der Waals surface area contributed by atoms with Gasteiger partial charge in [0, 0.05) is 17.7 Å². The van der Waals surface area contributed by atoms with Crippen LogP contribution in [0, 0.1) is 5.82 Å². The predicted molar refractivity (Wildman–Crippen MR) is 60.6 cm³/mol. The molecule has 0 aromatic heterocycles. The van der Waals surface area contributed by atoms with Crippen LogP contribution >= 0.6 is 15.9 Å². The number of methoxy groups -OCH3 is 1. The minimum Gasteiger partial charge on any atom is -0.496 e. The smallest absolute Gasteiger partial charge is 0.141 e. The van der Waals surface area contributed by atoms with Gasteiger partial charge in [0.2, 0.25) is 0 Å². The van der Waals surface area contributed by atoms with E-state index in [1.165, 1.54) is 6.07 Å². The van der Waals surface area contributed by atoms with Crippen LogP contribution in [0.1, 0.15) is 24.4 Å². The van der Waals surface area contributed by atoms with E-state index in [0.717, 1.165) is 24.9 Å². The minimum absolute atomic E-state index is 0.284. The molecule has 1 aliphatic heterocycles. The van der Waals surface area contributed by atoms with Crippen LogP contribution in [0.15, 0.2) is 16.6 Å². The third-order valence-corrected chi connectivity index (χ3v) is 3.32. The maximum Gasteiger partial charge on any atom is 0.141 e. The van der Waals surface area contributed by atoms with E-state index in [2.05, 4.69) is 21.2 Å². The average Bonchev–Trinajstić information content (AvgIpc) is 2.74. The molecule has 82 valence electrons. The van der Waals surface area contributed by atoms with Gasteiger partial charge in [-0.15, -0.1) is 0 Å². The van der Waals surface area contributed by atoms with E-state index in [-0.39, 0.29) is 11.9 Å². The number of halogens is 2. The third kappa shape index (κ3) is 2.16. The Kier molecular flexibility index (Phi) is 3.26. The van der Waals surface area contributed by atoms with Crippen molar-refractivity contribution in [3.05, 3.63) is 28.0 Å². The number of hydrogen-bond donors (Lipinski definition) is 1. The number of ether oxygens (including phenoxy) is 1. The van der Waals surface area contributed by atoms with Crippen LogP contribution in [-0.2, 0) is 0 Å². The SMILES string of the molecule is COc1cc(F)c(Br)cc1C1CCCN1. The van der Waals surface area contributed by atoms with Gasteiger partial charge in [0.25, 0.3) is 0 Å². The number of benzene rings is 1. The Morgan fingerprint density at radius 1 is 1.53 bits per heavy atom. The van der Waals surface area contributed by atoms with Gasteiger partial charge in [-0.2, -0.15) is 0 Å². The Bertz CT molecular complexity index is 364. The van der Waals surface area contributed by atoms with E-state index in [9.17, 15) is 4.39 Å². The summed E-state index contributed by atoms with van der Waals surface area (Å²) in [5.74, 6) is 0.337. The molecule has 1 heterocycles. The van der Waals surface area contributed by atoms with Crippen molar-refractivity contribution >= 4 is 15.9 Å². The summed E-state index contributed by atoms with van der Waals surface area (Å²) < 4.78 is 19.0. The number of hydrogen-bond acceptors (Lipinski definition) is 2. The van der Waals surface area contributed by atoms with Gasteiger partial charge in [-0.3, -0.25) is 0 Å². The fraction of sp³-hybridized carbons (Fsp3) is 0.455. The first kappa shape index (κ1) is 10.9. The van der Waals surface area contributed by atoms with Crippen molar-refractivity contribution in [2.45, 2.75) is 18.9 Å². The normalized spacial score (nSPS) is 20.6. The van der Waals surface area contributed by atoms with Crippen LogP contribution in [0.3, 0.4) is 0 Å². The van der Waals surface area contributed by atoms with E-state index in [1.807, 2.05) is 0 Å². The van der Waals surface area contributed by atoms with Crippen LogP contribution in [-0.4, -0.2) is 13.7 Å². The lowest BCUT2D eigenvalue weighted by molar-refractivity contribution is 0.399. The van der Waals surface area contributed by atoms with Gasteiger partial charge in [-0.25, -0.2) is 4.39 Å². The molecule has 1 aromatic rings. The first-order valence-electron chi connectivity index (χ1n) is 4.98. The highest BCUT2D eigenvalue weighted by atomic mass is 79.9. The molecular formula is C11H13BrFNO. The van der Waals surface area contributed by atoms with Crippen molar-refractivity contribution in [3.8, 4) is 5.75 Å². The Hall–Kier alpha value is -0.610. The first-order chi connectivity index (χ1) is 7.22. The second-order valence-electron chi connectivity index (χ2n) is 3.66. The molecule has 1 aromatic carbocycles. The van der Waals surface area contributed by atoms with Gasteiger partial charge in [0.15, 0.2) is 0 Å². The van der Waals surface area contributed by atoms with Crippen LogP contribution < -0.4 is 10.1 Å². The molecule has 0 spiro atoms. The molecular weight excluding hydrogens is 261 g/mol. The highest BCUT2D eigenvalue weighted by molar-refractivity contribution is 9.10. The molecule has 1 N–H and O–H groups in total. The van der Waals surface area contributed by atoms with Crippen LogP contribution in [0.2, 0.25) is 0 Å². The monoisotopic (exact) mass is 273 g/mol. The zero-order chi connectivity index (χ0) is 10.8. The molecule has 2 rings (SSSR count). The van der Waals surface area contributed by atoms with Gasteiger partial charge in [-0.05, 0) is 41.4 Å². The van der Waals surface area contributed by atoms with Crippen molar-refractivity contribution in [2.24, 2.45) is 0 Å². The Morgan fingerprint density at radius 2 is 2.33 bits per heavy atom. The summed E-state index contributed by atoms with van der Waals surface area (Å²) >= 11 is 3.20. The number of rotatable bonds is 2. The zero-order valence-electron chi connectivity index (χ0n) is 8.52. The summed E-state index contributed by atoms with van der Waals surface area (Å²) in [4.78, 5) is 0. The summed E-state index contributed by atoms with van der Waals surface area (Å²) in [6.07, 6.45) is 2.23. The largest absolute Gasteiger partial charge is 0.496 e. The first-order valence-corrected chi connectivity index (χ1v) is 5.78. The van der Waals surface area contributed by atoms with Gasteiger partial charge in [-0.1, -0.05) is 0 Å². The predicted octanol–water partition coefficient (Wildman–Crippen LogP) is 3.02. The third-order valence-electron chi connectivity index (χ3n) is 2.71. The molecule has 0 aliphatic carbocycles. The number of nitrogens with one attached hydrogen (secondary N) is 1. The molecule has 0 radical (unpaired) electrons. The summed E-state index contributed by atoms with van der Waals surface area (Å²) in [7, 11) is 1.57. The van der Waals surface area contributed by atoms with Gasteiger partial charge in [0.1, 0.15) is 11.6 Å². The molecule has 0 amide bonds. The molecule has 2 nitrogen and oxygen atoms in total. The standard InChI is InChI=1S/C11H13BrFNO/c1-15-11-6-9(13)8(12)5-7(11)10-3-2-4-14-10/h5-6,10,14H,2-4H2,1H3. The molecule has 1 atom stereocenters. The lowest BCUT2D eigenvalue weighted by atomic mass is 10.0. The highest BCUT2D eigenvalue weighted by Crippen LogP contribution is 2.34. The lowest BCUT2D eigenvalue weighted by Crippen LogP contribution is -2.14. The summed E-state index contributed by atoms with van der Waals surface area (Å²) in [6.45, 7) is 1.02. The maximum absolute atomic E-state index is 13.3. The molecule has 1 unspecified atom stereocenters. The van der Waals surface area contributed by atoms with Crippen LogP contribution in [0.4, 0.5) is 4.39 Å². The van der Waals surface area contributed by atoms with Gasteiger partial charge < -0.3 is 10.1 Å². The van der Waals surface area contributed by atoms with Crippen LogP contribution in [0.5, 0.6) is 5.75 Å². The quantitative estimate of drug-likeness (QED) is 0.895. The molecule has 4 heteroatoms. The Balaban J connectivity index is 2.39. The molecule has 15 heavy (non-hydrogen) atoms. The highest BCUT2D eigenvalue weighted by Gasteiger charge is 2.21. The van der Waals surface area contributed by atoms with E-state index in [0.29, 0.717) is 10.2 Å². The van der Waals surface area contributed by atoms with E-state index < -0.39 is 0 Å².